The lowest BCUT2D eigenvalue weighted by atomic mass is 10.0. The Balaban J connectivity index is 1.63. The first kappa shape index (κ1) is 15.8. The molecular formula is C18H21N5O2. The van der Waals surface area contributed by atoms with Gasteiger partial charge >= 0.3 is 0 Å². The summed E-state index contributed by atoms with van der Waals surface area (Å²) in [7, 11) is 0. The summed E-state index contributed by atoms with van der Waals surface area (Å²) in [6.07, 6.45) is 4.63. The van der Waals surface area contributed by atoms with E-state index in [9.17, 15) is 9.90 Å². The van der Waals surface area contributed by atoms with Crippen molar-refractivity contribution < 1.29 is 9.90 Å². The third-order valence-corrected chi connectivity index (χ3v) is 4.84. The number of pyridine rings is 1. The van der Waals surface area contributed by atoms with E-state index in [0.717, 1.165) is 42.4 Å². The topological polar surface area (TPSA) is 82.5 Å². The Bertz CT molecular complexity index is 817. The van der Waals surface area contributed by atoms with Crippen molar-refractivity contribution in [1.82, 2.24) is 19.9 Å². The van der Waals surface area contributed by atoms with Crippen LogP contribution in [0, 0.1) is 6.92 Å². The molecule has 2 aliphatic rings. The molecule has 1 fully saturated rings. The molecule has 1 saturated heterocycles. The summed E-state index contributed by atoms with van der Waals surface area (Å²) in [6, 6.07) is 3.09. The van der Waals surface area contributed by atoms with E-state index in [1.54, 1.807) is 11.0 Å². The average Bonchev–Trinajstić information content (AvgIpc) is 3.15. The number of nitrogens with zero attached hydrogens (tertiary/aromatic N) is 5. The second-order valence-corrected chi connectivity index (χ2v) is 6.56. The molecule has 7 nitrogen and oxygen atoms in total. The van der Waals surface area contributed by atoms with Crippen molar-refractivity contribution in [3.8, 4) is 5.75 Å². The summed E-state index contributed by atoms with van der Waals surface area (Å²) < 4.78 is 0. The fourth-order valence-electron chi connectivity index (χ4n) is 3.61. The zero-order chi connectivity index (χ0) is 17.4. The number of aromatic hydroxyl groups is 1. The van der Waals surface area contributed by atoms with E-state index in [1.807, 2.05) is 6.92 Å². The highest BCUT2D eigenvalue weighted by molar-refractivity contribution is 5.94. The molecule has 2 aromatic rings. The van der Waals surface area contributed by atoms with Crippen LogP contribution in [0.25, 0.3) is 0 Å². The van der Waals surface area contributed by atoms with Gasteiger partial charge in [-0.05, 0) is 38.3 Å². The molecule has 4 heterocycles. The maximum atomic E-state index is 12.7. The monoisotopic (exact) mass is 339 g/mol. The first-order valence-electron chi connectivity index (χ1n) is 8.68. The summed E-state index contributed by atoms with van der Waals surface area (Å²) in [4.78, 5) is 30.0. The predicted molar refractivity (Wildman–Crippen MR) is 92.6 cm³/mol. The van der Waals surface area contributed by atoms with Gasteiger partial charge in [-0.25, -0.2) is 15.0 Å². The van der Waals surface area contributed by atoms with E-state index in [-0.39, 0.29) is 17.4 Å². The summed E-state index contributed by atoms with van der Waals surface area (Å²) in [5, 5.41) is 9.90. The molecule has 1 N–H and O–H groups in total. The zero-order valence-electron chi connectivity index (χ0n) is 14.3. The van der Waals surface area contributed by atoms with E-state index >= 15 is 0 Å². The first-order valence-corrected chi connectivity index (χ1v) is 8.68. The molecule has 0 spiro atoms. The average molecular weight is 339 g/mol. The maximum Gasteiger partial charge on any atom is 0.276 e. The van der Waals surface area contributed by atoms with Crippen molar-refractivity contribution in [2.24, 2.45) is 0 Å². The van der Waals surface area contributed by atoms with Crippen LogP contribution in [0.15, 0.2) is 18.3 Å². The highest BCUT2D eigenvalue weighted by Gasteiger charge is 2.29. The number of anilines is 1. The summed E-state index contributed by atoms with van der Waals surface area (Å²) >= 11 is 0. The van der Waals surface area contributed by atoms with Crippen molar-refractivity contribution in [3.63, 3.8) is 0 Å². The van der Waals surface area contributed by atoms with E-state index in [0.29, 0.717) is 13.1 Å². The van der Waals surface area contributed by atoms with Crippen LogP contribution in [0.1, 0.15) is 40.4 Å². The van der Waals surface area contributed by atoms with Gasteiger partial charge in [-0.1, -0.05) is 0 Å². The number of aryl methyl sites for hydroxylation is 1. The molecule has 1 amide bonds. The highest BCUT2D eigenvalue weighted by Crippen LogP contribution is 2.29. The first-order chi connectivity index (χ1) is 12.1. The summed E-state index contributed by atoms with van der Waals surface area (Å²) in [5.74, 6) is 1.42. The van der Waals surface area contributed by atoms with Crippen LogP contribution < -0.4 is 4.90 Å². The third kappa shape index (κ3) is 2.90. The predicted octanol–water partition coefficient (Wildman–Crippen LogP) is 1.68. The minimum Gasteiger partial charge on any atom is -0.505 e. The fraction of sp³-hybridized carbons (Fsp3) is 0.444. The zero-order valence-corrected chi connectivity index (χ0v) is 14.3. The molecule has 2 aromatic heterocycles. The standard InChI is InChI=1S/C18H21N5O2/c1-12-20-14-11-23(18(25)16-15(24)5-4-7-19-16)10-6-13(14)17(21-12)22-8-2-3-9-22/h4-5,7,24H,2-3,6,8-11H2,1H3. The van der Waals surface area contributed by atoms with Gasteiger partial charge in [0.1, 0.15) is 17.4 Å². The number of fused-ring (bicyclic) bond motifs is 1. The second-order valence-electron chi connectivity index (χ2n) is 6.56. The lowest BCUT2D eigenvalue weighted by molar-refractivity contribution is 0.0722. The second kappa shape index (κ2) is 6.31. The van der Waals surface area contributed by atoms with Gasteiger partial charge in [0, 0.05) is 31.4 Å². The fourth-order valence-corrected chi connectivity index (χ4v) is 3.61. The van der Waals surface area contributed by atoms with Crippen LogP contribution in [0.4, 0.5) is 5.82 Å². The van der Waals surface area contributed by atoms with Crippen LogP contribution in [-0.4, -0.2) is 50.5 Å². The van der Waals surface area contributed by atoms with Gasteiger partial charge in [0.05, 0.1) is 12.2 Å². The van der Waals surface area contributed by atoms with Gasteiger partial charge in [0.25, 0.3) is 5.91 Å². The van der Waals surface area contributed by atoms with Gasteiger partial charge in [-0.2, -0.15) is 0 Å². The van der Waals surface area contributed by atoms with Crippen LogP contribution in [0.3, 0.4) is 0 Å². The molecule has 0 radical (unpaired) electrons. The maximum absolute atomic E-state index is 12.7. The Morgan fingerprint density at radius 2 is 2.00 bits per heavy atom. The third-order valence-electron chi connectivity index (χ3n) is 4.84. The van der Waals surface area contributed by atoms with Crippen LogP contribution >= 0.6 is 0 Å². The van der Waals surface area contributed by atoms with E-state index in [2.05, 4.69) is 19.9 Å². The van der Waals surface area contributed by atoms with E-state index in [1.165, 1.54) is 25.1 Å². The Hall–Kier alpha value is -2.70. The number of hydrogen-bond donors (Lipinski definition) is 1. The smallest absolute Gasteiger partial charge is 0.276 e. The Kier molecular flexibility index (Phi) is 3.99. The van der Waals surface area contributed by atoms with Crippen molar-refractivity contribution in [1.29, 1.82) is 0 Å². The number of rotatable bonds is 2. The van der Waals surface area contributed by atoms with E-state index < -0.39 is 0 Å². The Morgan fingerprint density at radius 3 is 2.76 bits per heavy atom. The van der Waals surface area contributed by atoms with Gasteiger partial charge < -0.3 is 14.9 Å². The largest absolute Gasteiger partial charge is 0.505 e. The molecule has 4 rings (SSSR count). The number of carbonyl (C=O) groups is 1. The lowest BCUT2D eigenvalue weighted by Gasteiger charge is -2.31. The van der Waals surface area contributed by atoms with Crippen LogP contribution in [0.2, 0.25) is 0 Å². The molecule has 0 atom stereocenters. The summed E-state index contributed by atoms with van der Waals surface area (Å²) in [6.45, 7) is 4.97. The highest BCUT2D eigenvalue weighted by atomic mass is 16.3. The molecule has 0 bridgehead atoms. The van der Waals surface area contributed by atoms with Crippen LogP contribution in [0.5, 0.6) is 5.75 Å². The number of aromatic nitrogens is 3. The number of hydrogen-bond acceptors (Lipinski definition) is 6. The lowest BCUT2D eigenvalue weighted by Crippen LogP contribution is -2.38. The van der Waals surface area contributed by atoms with Gasteiger partial charge in [-0.15, -0.1) is 0 Å². The Morgan fingerprint density at radius 1 is 1.20 bits per heavy atom. The SMILES string of the molecule is Cc1nc2c(c(N3CCCC3)n1)CCN(C(=O)c1ncccc1O)C2. The van der Waals surface area contributed by atoms with Crippen molar-refractivity contribution in [2.75, 3.05) is 24.5 Å². The minimum absolute atomic E-state index is 0.0880. The molecule has 0 aliphatic carbocycles. The normalized spacial score (nSPS) is 16.8. The van der Waals surface area contributed by atoms with E-state index in [4.69, 9.17) is 0 Å². The van der Waals surface area contributed by atoms with Crippen molar-refractivity contribution in [2.45, 2.75) is 32.7 Å². The number of carbonyl (C=O) groups excluding carboxylic acids is 1. The minimum atomic E-state index is -0.261. The molecule has 0 unspecified atom stereocenters. The van der Waals surface area contributed by atoms with Gasteiger partial charge in [0.2, 0.25) is 0 Å². The quantitative estimate of drug-likeness (QED) is 0.896. The van der Waals surface area contributed by atoms with Crippen molar-refractivity contribution >= 4 is 11.7 Å². The molecule has 25 heavy (non-hydrogen) atoms. The molecular weight excluding hydrogens is 318 g/mol. The summed E-state index contributed by atoms with van der Waals surface area (Å²) in [5.41, 5.74) is 2.16. The number of amides is 1. The van der Waals surface area contributed by atoms with Gasteiger partial charge in [-0.3, -0.25) is 4.79 Å². The molecule has 2 aliphatic heterocycles. The van der Waals surface area contributed by atoms with Gasteiger partial charge in [0.15, 0.2) is 5.69 Å². The van der Waals surface area contributed by atoms with Crippen molar-refractivity contribution in [3.05, 3.63) is 41.1 Å². The Labute approximate surface area is 146 Å². The molecule has 130 valence electrons. The van der Waals surface area contributed by atoms with Crippen LogP contribution in [-0.2, 0) is 13.0 Å². The molecule has 7 heteroatoms. The molecule has 0 aromatic carbocycles. The molecule has 0 saturated carbocycles.